The normalized spacial score (nSPS) is 26.2. The largest absolute Gasteiger partial charge is 0.496 e. The molecule has 0 heterocycles. The van der Waals surface area contributed by atoms with Crippen molar-refractivity contribution in [3.05, 3.63) is 22.7 Å². The highest BCUT2D eigenvalue weighted by atomic mass is 79.9. The standard InChI is InChI=1S/C14H19BrN2O2/c1-14(7-3-4-12(14)16)13(18)17-9-5-6-11(19-2)10(15)8-9/h5-6,8,12H,3-4,7,16H2,1-2H3,(H,17,18). The Labute approximate surface area is 121 Å². The monoisotopic (exact) mass is 326 g/mol. The van der Waals surface area contributed by atoms with Crippen molar-refractivity contribution >= 4 is 27.5 Å². The van der Waals surface area contributed by atoms with Gasteiger partial charge in [-0.25, -0.2) is 0 Å². The number of carbonyl (C=O) groups is 1. The summed E-state index contributed by atoms with van der Waals surface area (Å²) >= 11 is 3.41. The molecule has 5 heteroatoms. The van der Waals surface area contributed by atoms with Crippen LogP contribution in [-0.4, -0.2) is 19.1 Å². The lowest BCUT2D eigenvalue weighted by Gasteiger charge is -2.27. The molecule has 1 aromatic rings. The highest BCUT2D eigenvalue weighted by Gasteiger charge is 2.42. The van der Waals surface area contributed by atoms with Crippen LogP contribution in [0.2, 0.25) is 0 Å². The molecule has 1 aromatic carbocycles. The quantitative estimate of drug-likeness (QED) is 0.897. The second kappa shape index (κ2) is 5.51. The number of hydrogen-bond donors (Lipinski definition) is 2. The zero-order chi connectivity index (χ0) is 14.0. The number of amides is 1. The van der Waals surface area contributed by atoms with Crippen LogP contribution in [0, 0.1) is 5.41 Å². The number of rotatable bonds is 3. The van der Waals surface area contributed by atoms with Crippen molar-refractivity contribution < 1.29 is 9.53 Å². The van der Waals surface area contributed by atoms with E-state index in [0.29, 0.717) is 0 Å². The number of halogens is 1. The zero-order valence-corrected chi connectivity index (χ0v) is 12.8. The van der Waals surface area contributed by atoms with Gasteiger partial charge in [-0.05, 0) is 53.9 Å². The average Bonchev–Trinajstić information content (AvgIpc) is 2.71. The maximum Gasteiger partial charge on any atom is 0.231 e. The van der Waals surface area contributed by atoms with Crippen LogP contribution >= 0.6 is 15.9 Å². The van der Waals surface area contributed by atoms with E-state index >= 15 is 0 Å². The number of nitrogens with two attached hydrogens (primary N) is 1. The third-order valence-electron chi connectivity index (χ3n) is 3.96. The van der Waals surface area contributed by atoms with Crippen molar-refractivity contribution in [2.45, 2.75) is 32.2 Å². The predicted octanol–water partition coefficient (Wildman–Crippen LogP) is 2.91. The van der Waals surface area contributed by atoms with Gasteiger partial charge in [0.1, 0.15) is 5.75 Å². The molecule has 0 aromatic heterocycles. The van der Waals surface area contributed by atoms with E-state index in [1.165, 1.54) is 0 Å². The second-order valence-corrected chi connectivity index (χ2v) is 6.07. The van der Waals surface area contributed by atoms with E-state index < -0.39 is 5.41 Å². The molecule has 1 aliphatic carbocycles. The number of carbonyl (C=O) groups excluding carboxylic acids is 1. The smallest absolute Gasteiger partial charge is 0.231 e. The Balaban J connectivity index is 2.13. The molecule has 0 radical (unpaired) electrons. The van der Waals surface area contributed by atoms with E-state index in [1.54, 1.807) is 7.11 Å². The second-order valence-electron chi connectivity index (χ2n) is 5.22. The molecule has 1 aliphatic rings. The zero-order valence-electron chi connectivity index (χ0n) is 11.2. The predicted molar refractivity (Wildman–Crippen MR) is 79.3 cm³/mol. The summed E-state index contributed by atoms with van der Waals surface area (Å²) in [5.74, 6) is 0.733. The molecule has 2 atom stereocenters. The molecular formula is C14H19BrN2O2. The fourth-order valence-corrected chi connectivity index (χ4v) is 3.03. The Kier molecular flexibility index (Phi) is 4.16. The van der Waals surface area contributed by atoms with Crippen molar-refractivity contribution in [3.8, 4) is 5.75 Å². The first kappa shape index (κ1) is 14.3. The topological polar surface area (TPSA) is 64.3 Å². The summed E-state index contributed by atoms with van der Waals surface area (Å²) in [4.78, 5) is 12.4. The molecular weight excluding hydrogens is 308 g/mol. The average molecular weight is 327 g/mol. The summed E-state index contributed by atoms with van der Waals surface area (Å²) in [6, 6.07) is 5.41. The van der Waals surface area contributed by atoms with Crippen molar-refractivity contribution in [1.29, 1.82) is 0 Å². The van der Waals surface area contributed by atoms with Gasteiger partial charge in [-0.2, -0.15) is 0 Å². The van der Waals surface area contributed by atoms with Gasteiger partial charge in [-0.3, -0.25) is 4.79 Å². The van der Waals surface area contributed by atoms with Crippen molar-refractivity contribution in [1.82, 2.24) is 0 Å². The lowest BCUT2D eigenvalue weighted by molar-refractivity contribution is -0.125. The first-order valence-electron chi connectivity index (χ1n) is 6.38. The lowest BCUT2D eigenvalue weighted by atomic mass is 9.84. The van der Waals surface area contributed by atoms with Gasteiger partial charge in [-0.15, -0.1) is 0 Å². The van der Waals surface area contributed by atoms with Gasteiger partial charge in [0.15, 0.2) is 0 Å². The minimum Gasteiger partial charge on any atom is -0.496 e. The molecule has 1 amide bonds. The first-order valence-corrected chi connectivity index (χ1v) is 7.17. The Bertz CT molecular complexity index is 492. The fraction of sp³-hybridized carbons (Fsp3) is 0.500. The van der Waals surface area contributed by atoms with E-state index in [9.17, 15) is 4.79 Å². The van der Waals surface area contributed by atoms with Gasteiger partial charge in [0.2, 0.25) is 5.91 Å². The number of hydrogen-bond acceptors (Lipinski definition) is 3. The minimum atomic E-state index is -0.466. The molecule has 2 rings (SSSR count). The first-order chi connectivity index (χ1) is 8.97. The van der Waals surface area contributed by atoms with E-state index in [2.05, 4.69) is 21.2 Å². The van der Waals surface area contributed by atoms with Crippen LogP contribution in [0.15, 0.2) is 22.7 Å². The SMILES string of the molecule is COc1ccc(NC(=O)C2(C)CCCC2N)cc1Br. The molecule has 0 saturated heterocycles. The van der Waals surface area contributed by atoms with Gasteiger partial charge in [-0.1, -0.05) is 6.42 Å². The van der Waals surface area contributed by atoms with Crippen LogP contribution in [0.4, 0.5) is 5.69 Å². The van der Waals surface area contributed by atoms with Crippen molar-refractivity contribution in [2.24, 2.45) is 11.1 Å². The van der Waals surface area contributed by atoms with E-state index in [-0.39, 0.29) is 11.9 Å². The summed E-state index contributed by atoms with van der Waals surface area (Å²) in [5, 5.41) is 2.94. The summed E-state index contributed by atoms with van der Waals surface area (Å²) in [6.07, 6.45) is 2.77. The van der Waals surface area contributed by atoms with Gasteiger partial charge >= 0.3 is 0 Å². The molecule has 104 valence electrons. The Morgan fingerprint density at radius 3 is 2.84 bits per heavy atom. The van der Waals surface area contributed by atoms with Crippen LogP contribution in [-0.2, 0) is 4.79 Å². The summed E-state index contributed by atoms with van der Waals surface area (Å²) in [5.41, 5.74) is 6.34. The number of ether oxygens (including phenoxy) is 1. The molecule has 1 saturated carbocycles. The van der Waals surface area contributed by atoms with Gasteiger partial charge < -0.3 is 15.8 Å². The van der Waals surface area contributed by atoms with E-state index in [0.717, 1.165) is 35.2 Å². The van der Waals surface area contributed by atoms with Crippen LogP contribution in [0.1, 0.15) is 26.2 Å². The number of benzene rings is 1. The number of anilines is 1. The highest BCUT2D eigenvalue weighted by Crippen LogP contribution is 2.38. The molecule has 2 unspecified atom stereocenters. The highest BCUT2D eigenvalue weighted by molar-refractivity contribution is 9.10. The maximum atomic E-state index is 12.4. The van der Waals surface area contributed by atoms with E-state index in [4.69, 9.17) is 10.5 Å². The fourth-order valence-electron chi connectivity index (χ4n) is 2.49. The molecule has 1 fully saturated rings. The van der Waals surface area contributed by atoms with Crippen molar-refractivity contribution in [2.75, 3.05) is 12.4 Å². The summed E-state index contributed by atoms with van der Waals surface area (Å²) in [7, 11) is 1.61. The number of nitrogens with one attached hydrogen (secondary N) is 1. The Morgan fingerprint density at radius 2 is 2.32 bits per heavy atom. The number of methoxy groups -OCH3 is 1. The minimum absolute atomic E-state index is 0.00503. The van der Waals surface area contributed by atoms with Gasteiger partial charge in [0.05, 0.1) is 17.0 Å². The molecule has 0 spiro atoms. The molecule has 4 nitrogen and oxygen atoms in total. The van der Waals surface area contributed by atoms with Crippen molar-refractivity contribution in [3.63, 3.8) is 0 Å². The molecule has 19 heavy (non-hydrogen) atoms. The van der Waals surface area contributed by atoms with Crippen LogP contribution in [0.25, 0.3) is 0 Å². The van der Waals surface area contributed by atoms with Gasteiger partial charge in [0.25, 0.3) is 0 Å². The summed E-state index contributed by atoms with van der Waals surface area (Å²) in [6.45, 7) is 1.94. The van der Waals surface area contributed by atoms with Gasteiger partial charge in [0, 0.05) is 11.7 Å². The molecule has 0 aliphatic heterocycles. The Morgan fingerprint density at radius 1 is 1.58 bits per heavy atom. The maximum absolute atomic E-state index is 12.4. The van der Waals surface area contributed by atoms with Crippen LogP contribution < -0.4 is 15.8 Å². The van der Waals surface area contributed by atoms with Crippen LogP contribution in [0.5, 0.6) is 5.75 Å². The Hall–Kier alpha value is -1.07. The lowest BCUT2D eigenvalue weighted by Crippen LogP contribution is -2.44. The molecule has 0 bridgehead atoms. The third kappa shape index (κ3) is 2.77. The van der Waals surface area contributed by atoms with Crippen LogP contribution in [0.3, 0.4) is 0 Å². The molecule has 3 N–H and O–H groups in total. The third-order valence-corrected chi connectivity index (χ3v) is 4.58. The van der Waals surface area contributed by atoms with E-state index in [1.807, 2.05) is 25.1 Å². The summed E-state index contributed by atoms with van der Waals surface area (Å²) < 4.78 is 5.98.